The summed E-state index contributed by atoms with van der Waals surface area (Å²) in [7, 11) is -3.42. The van der Waals surface area contributed by atoms with Crippen molar-refractivity contribution < 1.29 is 13.2 Å². The van der Waals surface area contributed by atoms with E-state index in [1.54, 1.807) is 12.1 Å². The highest BCUT2D eigenvalue weighted by molar-refractivity contribution is 7.92. The molecule has 0 radical (unpaired) electrons. The first-order valence-electron chi connectivity index (χ1n) is 10.3. The van der Waals surface area contributed by atoms with E-state index in [9.17, 15) is 13.2 Å². The number of aryl methyl sites for hydroxylation is 1. The summed E-state index contributed by atoms with van der Waals surface area (Å²) >= 11 is 0. The zero-order chi connectivity index (χ0) is 19.3. The molecule has 0 heterocycles. The van der Waals surface area contributed by atoms with Crippen LogP contribution in [0.3, 0.4) is 0 Å². The molecule has 0 aromatic heterocycles. The van der Waals surface area contributed by atoms with Crippen molar-refractivity contribution in [3.05, 3.63) is 29.8 Å². The lowest BCUT2D eigenvalue weighted by molar-refractivity contribution is -0.107. The van der Waals surface area contributed by atoms with Crippen molar-refractivity contribution in [2.75, 3.05) is 0 Å². The molecule has 0 bridgehead atoms. The molecule has 1 rings (SSSR count). The Kier molecular flexibility index (Phi) is 11.5. The SMILES string of the molecule is CCCCCCCCCCCCC(CC=O)S(=O)(=O)c1ccc(C)cc1. The molecule has 0 saturated heterocycles. The maximum atomic E-state index is 12.8. The first-order chi connectivity index (χ1) is 12.5. The van der Waals surface area contributed by atoms with Gasteiger partial charge in [0.25, 0.3) is 0 Å². The van der Waals surface area contributed by atoms with Crippen LogP contribution in [0.1, 0.15) is 89.5 Å². The highest BCUT2D eigenvalue weighted by Gasteiger charge is 2.26. The van der Waals surface area contributed by atoms with Crippen LogP contribution >= 0.6 is 0 Å². The second-order valence-electron chi connectivity index (χ2n) is 7.35. The van der Waals surface area contributed by atoms with Crippen molar-refractivity contribution in [1.82, 2.24) is 0 Å². The van der Waals surface area contributed by atoms with E-state index < -0.39 is 15.1 Å². The minimum atomic E-state index is -3.42. The molecule has 3 nitrogen and oxygen atoms in total. The van der Waals surface area contributed by atoms with Crippen molar-refractivity contribution in [1.29, 1.82) is 0 Å². The average molecular weight is 381 g/mol. The Balaban J connectivity index is 2.34. The lowest BCUT2D eigenvalue weighted by atomic mass is 10.0. The third kappa shape index (κ3) is 8.48. The van der Waals surface area contributed by atoms with Gasteiger partial charge in [-0.15, -0.1) is 0 Å². The molecule has 0 spiro atoms. The van der Waals surface area contributed by atoms with Crippen LogP contribution in [-0.4, -0.2) is 20.0 Å². The quantitative estimate of drug-likeness (QED) is 0.275. The number of hydrogen-bond donors (Lipinski definition) is 0. The summed E-state index contributed by atoms with van der Waals surface area (Å²) < 4.78 is 25.5. The van der Waals surface area contributed by atoms with Crippen molar-refractivity contribution >= 4 is 16.1 Å². The monoisotopic (exact) mass is 380 g/mol. The fraction of sp³-hybridized carbons (Fsp3) is 0.682. The summed E-state index contributed by atoms with van der Waals surface area (Å²) in [6.07, 6.45) is 13.6. The van der Waals surface area contributed by atoms with Gasteiger partial charge < -0.3 is 4.79 Å². The summed E-state index contributed by atoms with van der Waals surface area (Å²) in [6.45, 7) is 4.17. The number of carbonyl (C=O) groups excluding carboxylic acids is 1. The molecule has 26 heavy (non-hydrogen) atoms. The van der Waals surface area contributed by atoms with Crippen molar-refractivity contribution in [3.8, 4) is 0 Å². The number of rotatable bonds is 15. The first-order valence-corrected chi connectivity index (χ1v) is 11.8. The van der Waals surface area contributed by atoms with Gasteiger partial charge in [-0.2, -0.15) is 0 Å². The molecule has 148 valence electrons. The molecule has 0 saturated carbocycles. The fourth-order valence-corrected chi connectivity index (χ4v) is 5.00. The van der Waals surface area contributed by atoms with E-state index in [-0.39, 0.29) is 6.42 Å². The predicted molar refractivity (Wildman–Crippen MR) is 109 cm³/mol. The molecule has 0 amide bonds. The van der Waals surface area contributed by atoms with Gasteiger partial charge in [-0.25, -0.2) is 8.42 Å². The summed E-state index contributed by atoms with van der Waals surface area (Å²) in [5.41, 5.74) is 1.03. The normalized spacial score (nSPS) is 12.8. The van der Waals surface area contributed by atoms with E-state index >= 15 is 0 Å². The third-order valence-corrected chi connectivity index (χ3v) is 7.26. The van der Waals surface area contributed by atoms with Crippen LogP contribution in [-0.2, 0) is 14.6 Å². The second-order valence-corrected chi connectivity index (χ2v) is 9.58. The van der Waals surface area contributed by atoms with Gasteiger partial charge in [0.2, 0.25) is 0 Å². The highest BCUT2D eigenvalue weighted by Crippen LogP contribution is 2.23. The van der Waals surface area contributed by atoms with Gasteiger partial charge in [-0.05, 0) is 25.5 Å². The number of aldehydes is 1. The lowest BCUT2D eigenvalue weighted by Crippen LogP contribution is -2.22. The number of sulfone groups is 1. The van der Waals surface area contributed by atoms with E-state index in [4.69, 9.17) is 0 Å². The summed E-state index contributed by atoms with van der Waals surface area (Å²) in [6, 6.07) is 6.93. The Bertz CT molecular complexity index is 590. The molecule has 1 unspecified atom stereocenters. The van der Waals surface area contributed by atoms with Crippen molar-refractivity contribution in [3.63, 3.8) is 0 Å². The lowest BCUT2D eigenvalue weighted by Gasteiger charge is -2.15. The Labute approximate surface area is 160 Å². The molecule has 1 atom stereocenters. The fourth-order valence-electron chi connectivity index (χ4n) is 3.29. The Morgan fingerprint density at radius 2 is 1.35 bits per heavy atom. The predicted octanol–water partition coefficient (Wildman–Crippen LogP) is 6.04. The van der Waals surface area contributed by atoms with E-state index in [0.717, 1.165) is 31.1 Å². The van der Waals surface area contributed by atoms with Gasteiger partial charge in [-0.3, -0.25) is 0 Å². The van der Waals surface area contributed by atoms with Crippen LogP contribution in [0.15, 0.2) is 29.2 Å². The maximum Gasteiger partial charge on any atom is 0.181 e. The smallest absolute Gasteiger partial charge is 0.181 e. The number of hydrogen-bond acceptors (Lipinski definition) is 3. The Morgan fingerprint density at radius 3 is 1.85 bits per heavy atom. The van der Waals surface area contributed by atoms with Gasteiger partial charge in [0.15, 0.2) is 9.84 Å². The van der Waals surface area contributed by atoms with E-state index in [1.165, 1.54) is 44.9 Å². The Morgan fingerprint density at radius 1 is 0.846 bits per heavy atom. The zero-order valence-corrected chi connectivity index (χ0v) is 17.4. The van der Waals surface area contributed by atoms with E-state index in [2.05, 4.69) is 6.92 Å². The topological polar surface area (TPSA) is 51.2 Å². The summed E-state index contributed by atoms with van der Waals surface area (Å²) in [5.74, 6) is 0. The van der Waals surface area contributed by atoms with Crippen LogP contribution in [0.5, 0.6) is 0 Å². The van der Waals surface area contributed by atoms with Crippen LogP contribution < -0.4 is 0 Å². The molecule has 0 aliphatic heterocycles. The molecular formula is C22H36O3S. The minimum Gasteiger partial charge on any atom is -0.303 e. The summed E-state index contributed by atoms with van der Waals surface area (Å²) in [4.78, 5) is 11.3. The molecule has 1 aromatic rings. The van der Waals surface area contributed by atoms with Gasteiger partial charge in [-0.1, -0.05) is 88.8 Å². The zero-order valence-electron chi connectivity index (χ0n) is 16.6. The van der Waals surface area contributed by atoms with Crippen LogP contribution in [0.4, 0.5) is 0 Å². The van der Waals surface area contributed by atoms with Gasteiger partial charge in [0, 0.05) is 6.42 Å². The molecule has 0 aliphatic rings. The van der Waals surface area contributed by atoms with Gasteiger partial charge in [0.05, 0.1) is 10.1 Å². The van der Waals surface area contributed by atoms with Crippen LogP contribution in [0.2, 0.25) is 0 Å². The maximum absolute atomic E-state index is 12.8. The molecule has 1 aromatic carbocycles. The summed E-state index contributed by atoms with van der Waals surface area (Å²) in [5, 5.41) is -0.586. The van der Waals surface area contributed by atoms with Gasteiger partial charge in [0.1, 0.15) is 6.29 Å². The molecule has 0 N–H and O–H groups in total. The van der Waals surface area contributed by atoms with Crippen molar-refractivity contribution in [2.45, 2.75) is 101 Å². The molecule has 4 heteroatoms. The number of unbranched alkanes of at least 4 members (excludes halogenated alkanes) is 9. The van der Waals surface area contributed by atoms with Crippen LogP contribution in [0.25, 0.3) is 0 Å². The van der Waals surface area contributed by atoms with Gasteiger partial charge >= 0.3 is 0 Å². The van der Waals surface area contributed by atoms with E-state index in [0.29, 0.717) is 11.3 Å². The minimum absolute atomic E-state index is 0.0909. The highest BCUT2D eigenvalue weighted by atomic mass is 32.2. The largest absolute Gasteiger partial charge is 0.303 e. The van der Waals surface area contributed by atoms with E-state index in [1.807, 2.05) is 19.1 Å². The number of benzene rings is 1. The number of carbonyl (C=O) groups is 1. The first kappa shape index (κ1) is 22.9. The Hall–Kier alpha value is -1.16. The third-order valence-electron chi connectivity index (χ3n) is 5.03. The van der Waals surface area contributed by atoms with Crippen LogP contribution in [0, 0.1) is 6.92 Å². The molecule has 0 fully saturated rings. The second kappa shape index (κ2) is 13.1. The molecule has 0 aliphatic carbocycles. The average Bonchev–Trinajstić information content (AvgIpc) is 2.62. The molecular weight excluding hydrogens is 344 g/mol. The standard InChI is InChI=1S/C22H36O3S/c1-3-4-5-6-7-8-9-10-11-12-13-21(18-19-23)26(24,25)22-16-14-20(2)15-17-22/h14-17,19,21H,3-13,18H2,1-2H3. The van der Waals surface area contributed by atoms with Crippen molar-refractivity contribution in [2.24, 2.45) is 0 Å².